The Morgan fingerprint density at radius 1 is 1.38 bits per heavy atom. The number of nitro groups is 1. The fourth-order valence-corrected chi connectivity index (χ4v) is 3.43. The van der Waals surface area contributed by atoms with Crippen molar-refractivity contribution in [3.05, 3.63) is 34.4 Å². The molecule has 8 nitrogen and oxygen atoms in total. The zero-order chi connectivity index (χ0) is 18.2. The van der Waals surface area contributed by atoms with Crippen molar-refractivity contribution in [1.82, 2.24) is 4.72 Å². The Balaban J connectivity index is 2.86. The van der Waals surface area contributed by atoms with Crippen LogP contribution in [-0.2, 0) is 19.6 Å². The molecule has 0 aliphatic rings. The summed E-state index contributed by atoms with van der Waals surface area (Å²) in [4.78, 5) is 21.8. The third-order valence-electron chi connectivity index (χ3n) is 3.08. The molecular weight excluding hydrogens is 404 g/mol. The molecule has 0 bridgehead atoms. The van der Waals surface area contributed by atoms with Gasteiger partial charge < -0.3 is 4.74 Å². The molecule has 0 saturated heterocycles. The van der Waals surface area contributed by atoms with Crippen molar-refractivity contribution >= 4 is 37.6 Å². The molecule has 0 fully saturated rings. The summed E-state index contributed by atoms with van der Waals surface area (Å²) in [5.74, 6) is -0.645. The lowest BCUT2D eigenvalue weighted by atomic mass is 10.2. The van der Waals surface area contributed by atoms with Crippen LogP contribution in [0.1, 0.15) is 26.2 Å². The van der Waals surface area contributed by atoms with Crippen LogP contribution in [0.5, 0.6) is 0 Å². The minimum Gasteiger partial charge on any atom is -0.465 e. The highest BCUT2D eigenvalue weighted by atomic mass is 79.9. The Morgan fingerprint density at radius 2 is 2.00 bits per heavy atom. The van der Waals surface area contributed by atoms with Gasteiger partial charge >= 0.3 is 5.97 Å². The highest BCUT2D eigenvalue weighted by Crippen LogP contribution is 2.16. The molecule has 24 heavy (non-hydrogen) atoms. The Bertz CT molecular complexity index is 662. The monoisotopic (exact) mass is 422 g/mol. The number of rotatable bonds is 10. The number of unbranched alkanes of at least 4 members (excludes halogenated alkanes) is 1. The van der Waals surface area contributed by atoms with E-state index in [4.69, 9.17) is 4.74 Å². The van der Waals surface area contributed by atoms with Crippen LogP contribution in [0.3, 0.4) is 0 Å². The van der Waals surface area contributed by atoms with Crippen LogP contribution in [0.15, 0.2) is 29.2 Å². The fraction of sp³-hybridized carbons (Fsp3) is 0.500. The molecule has 1 N–H and O–H groups in total. The van der Waals surface area contributed by atoms with Gasteiger partial charge in [0.05, 0.1) is 16.4 Å². The molecule has 0 spiro atoms. The first-order chi connectivity index (χ1) is 11.3. The van der Waals surface area contributed by atoms with Crippen molar-refractivity contribution in [1.29, 1.82) is 0 Å². The summed E-state index contributed by atoms with van der Waals surface area (Å²) in [6.45, 7) is 2.18. The number of nitro benzene ring substituents is 1. The topological polar surface area (TPSA) is 116 Å². The normalized spacial score (nSPS) is 12.6. The molecule has 1 aromatic rings. The van der Waals surface area contributed by atoms with Crippen LogP contribution in [0, 0.1) is 10.1 Å². The Hall–Kier alpha value is -1.52. The largest absolute Gasteiger partial charge is 0.465 e. The number of nitrogens with one attached hydrogen (secondary N) is 1. The van der Waals surface area contributed by atoms with E-state index < -0.39 is 27.0 Å². The van der Waals surface area contributed by atoms with Gasteiger partial charge in [-0.15, -0.1) is 0 Å². The number of nitrogens with zero attached hydrogens (tertiary/aromatic N) is 1. The highest BCUT2D eigenvalue weighted by Gasteiger charge is 2.26. The van der Waals surface area contributed by atoms with Crippen LogP contribution in [0.2, 0.25) is 0 Å². The number of non-ortho nitro benzene ring substituents is 1. The van der Waals surface area contributed by atoms with Crippen molar-refractivity contribution in [2.24, 2.45) is 0 Å². The predicted octanol–water partition coefficient (Wildman–Crippen LogP) is 2.37. The van der Waals surface area contributed by atoms with Crippen molar-refractivity contribution in [3.8, 4) is 0 Å². The van der Waals surface area contributed by atoms with Crippen molar-refractivity contribution in [2.75, 3.05) is 11.9 Å². The molecule has 0 amide bonds. The van der Waals surface area contributed by atoms with Gasteiger partial charge in [0, 0.05) is 17.5 Å². The van der Waals surface area contributed by atoms with Gasteiger partial charge in [0.1, 0.15) is 6.04 Å². The average Bonchev–Trinajstić information content (AvgIpc) is 2.54. The molecule has 1 rings (SSSR count). The van der Waals surface area contributed by atoms with Gasteiger partial charge in [-0.2, -0.15) is 4.72 Å². The molecule has 0 aromatic heterocycles. The summed E-state index contributed by atoms with van der Waals surface area (Å²) in [5.41, 5.74) is -0.218. The zero-order valence-electron chi connectivity index (χ0n) is 13.1. The third kappa shape index (κ3) is 6.17. The third-order valence-corrected chi connectivity index (χ3v) is 5.03. The van der Waals surface area contributed by atoms with E-state index in [1.54, 1.807) is 0 Å². The first-order valence-corrected chi connectivity index (χ1v) is 9.91. The van der Waals surface area contributed by atoms with E-state index in [0.717, 1.165) is 30.7 Å². The number of halogens is 1. The number of esters is 1. The Kier molecular flexibility index (Phi) is 8.29. The lowest BCUT2D eigenvalue weighted by Crippen LogP contribution is -2.42. The zero-order valence-corrected chi connectivity index (χ0v) is 15.5. The van der Waals surface area contributed by atoms with Gasteiger partial charge in [-0.1, -0.05) is 29.3 Å². The maximum atomic E-state index is 12.3. The summed E-state index contributed by atoms with van der Waals surface area (Å²) in [5, 5.41) is 11.0. The first kappa shape index (κ1) is 20.5. The summed E-state index contributed by atoms with van der Waals surface area (Å²) >= 11 is 3.17. The number of ether oxygens (including phenoxy) is 1. The van der Waals surface area contributed by atoms with Crippen molar-refractivity contribution < 1.29 is 22.9 Å². The number of benzene rings is 1. The van der Waals surface area contributed by atoms with Crippen molar-refractivity contribution in [3.63, 3.8) is 0 Å². The van der Waals surface area contributed by atoms with Crippen LogP contribution in [0.4, 0.5) is 5.69 Å². The summed E-state index contributed by atoms with van der Waals surface area (Å²) in [6.07, 6.45) is 1.77. The number of hydrogen-bond acceptors (Lipinski definition) is 6. The van der Waals surface area contributed by atoms with E-state index >= 15 is 0 Å². The number of hydrogen-bond donors (Lipinski definition) is 1. The molecular formula is C14H19BrN2O6S. The summed E-state index contributed by atoms with van der Waals surface area (Å²) < 4.78 is 32.0. The van der Waals surface area contributed by atoms with E-state index in [1.807, 2.05) is 6.92 Å². The molecule has 0 unspecified atom stereocenters. The Labute approximate surface area is 148 Å². The fourth-order valence-electron chi connectivity index (χ4n) is 1.75. The standard InChI is InChI=1S/C14H19BrN2O6S/c1-2-3-10-23-14(18)13(8-9-15)16-24(21,22)12-6-4-11(5-7-12)17(19)20/h4-7,13,16H,2-3,8-10H2,1H3/t13-/m0/s1. The lowest BCUT2D eigenvalue weighted by Gasteiger charge is -2.17. The second-order valence-corrected chi connectivity index (χ2v) is 7.43. The van der Waals surface area contributed by atoms with Gasteiger partial charge in [0.2, 0.25) is 10.0 Å². The van der Waals surface area contributed by atoms with E-state index in [9.17, 15) is 23.3 Å². The molecule has 0 saturated carbocycles. The lowest BCUT2D eigenvalue weighted by molar-refractivity contribution is -0.384. The SMILES string of the molecule is CCCCOC(=O)[C@H](CCBr)NS(=O)(=O)c1ccc([N+](=O)[O-])cc1. The maximum absolute atomic E-state index is 12.3. The van der Waals surface area contributed by atoms with E-state index in [1.165, 1.54) is 0 Å². The minimum atomic E-state index is -3.99. The number of carbonyl (C=O) groups excluding carboxylic acids is 1. The molecule has 134 valence electrons. The number of carbonyl (C=O) groups is 1. The van der Waals surface area contributed by atoms with E-state index in [-0.39, 0.29) is 23.6 Å². The van der Waals surface area contributed by atoms with E-state index in [2.05, 4.69) is 20.7 Å². The predicted molar refractivity (Wildman–Crippen MR) is 91.5 cm³/mol. The molecule has 0 aliphatic carbocycles. The smallest absolute Gasteiger partial charge is 0.324 e. The second kappa shape index (κ2) is 9.70. The summed E-state index contributed by atoms with van der Waals surface area (Å²) in [7, 11) is -3.99. The molecule has 0 radical (unpaired) electrons. The maximum Gasteiger partial charge on any atom is 0.324 e. The van der Waals surface area contributed by atoms with Gasteiger partial charge in [-0.3, -0.25) is 14.9 Å². The van der Waals surface area contributed by atoms with Gasteiger partial charge in [0.15, 0.2) is 0 Å². The molecule has 10 heteroatoms. The Morgan fingerprint density at radius 3 is 2.50 bits per heavy atom. The van der Waals surface area contributed by atoms with Gasteiger partial charge in [0.25, 0.3) is 5.69 Å². The highest BCUT2D eigenvalue weighted by molar-refractivity contribution is 9.09. The van der Waals surface area contributed by atoms with Crippen LogP contribution in [-0.4, -0.2) is 37.3 Å². The van der Waals surface area contributed by atoms with Crippen molar-refractivity contribution in [2.45, 2.75) is 37.1 Å². The number of sulfonamides is 1. The molecule has 0 heterocycles. The molecule has 0 aliphatic heterocycles. The first-order valence-electron chi connectivity index (χ1n) is 7.31. The summed E-state index contributed by atoms with van der Waals surface area (Å²) in [6, 6.07) is 3.39. The second-order valence-electron chi connectivity index (χ2n) is 4.92. The molecule has 1 atom stereocenters. The van der Waals surface area contributed by atoms with Crippen LogP contribution < -0.4 is 4.72 Å². The van der Waals surface area contributed by atoms with E-state index in [0.29, 0.717) is 11.8 Å². The molecule has 1 aromatic carbocycles. The minimum absolute atomic E-state index is 0.158. The average molecular weight is 423 g/mol. The number of alkyl halides is 1. The quantitative estimate of drug-likeness (QED) is 0.203. The van der Waals surface area contributed by atoms with Gasteiger partial charge in [-0.25, -0.2) is 8.42 Å². The van der Waals surface area contributed by atoms with Crippen LogP contribution in [0.25, 0.3) is 0 Å². The van der Waals surface area contributed by atoms with Gasteiger partial charge in [-0.05, 0) is 25.0 Å². The van der Waals surface area contributed by atoms with Crippen LogP contribution >= 0.6 is 15.9 Å².